The van der Waals surface area contributed by atoms with Crippen molar-refractivity contribution in [2.24, 2.45) is 5.92 Å². The van der Waals surface area contributed by atoms with Gasteiger partial charge in [-0.05, 0) is 24.6 Å². The molecule has 2 fully saturated rings. The van der Waals surface area contributed by atoms with E-state index in [2.05, 4.69) is 45.4 Å². The van der Waals surface area contributed by atoms with Gasteiger partial charge in [0, 0.05) is 64.5 Å². The van der Waals surface area contributed by atoms with Crippen molar-refractivity contribution in [1.29, 1.82) is 0 Å². The lowest BCUT2D eigenvalue weighted by molar-refractivity contribution is -0.126. The van der Waals surface area contributed by atoms with Crippen molar-refractivity contribution in [3.63, 3.8) is 0 Å². The van der Waals surface area contributed by atoms with Crippen LogP contribution in [0.25, 0.3) is 0 Å². The summed E-state index contributed by atoms with van der Waals surface area (Å²) in [6.45, 7) is 9.11. The molecule has 1 N–H and O–H groups in total. The topological polar surface area (TPSA) is 55.9 Å². The molecule has 6 heteroatoms. The van der Waals surface area contributed by atoms with Crippen LogP contribution in [-0.2, 0) is 16.1 Å². The second kappa shape index (κ2) is 10.1. The Morgan fingerprint density at radius 1 is 0.968 bits per heavy atom. The summed E-state index contributed by atoms with van der Waals surface area (Å²) in [6.07, 6.45) is 0.290. The third-order valence-corrected chi connectivity index (χ3v) is 6.28. The quantitative estimate of drug-likeness (QED) is 0.747. The second-order valence-electron chi connectivity index (χ2n) is 8.64. The molecule has 31 heavy (non-hydrogen) atoms. The first-order chi connectivity index (χ1) is 15.1. The van der Waals surface area contributed by atoms with Crippen LogP contribution in [0.4, 0.5) is 5.69 Å². The van der Waals surface area contributed by atoms with E-state index in [-0.39, 0.29) is 24.2 Å². The highest BCUT2D eigenvalue weighted by Gasteiger charge is 2.35. The summed E-state index contributed by atoms with van der Waals surface area (Å²) in [5.41, 5.74) is 3.39. The Kier molecular flexibility index (Phi) is 6.99. The number of anilines is 1. The molecule has 0 spiro atoms. The number of amides is 2. The normalized spacial score (nSPS) is 20.2. The summed E-state index contributed by atoms with van der Waals surface area (Å²) in [7, 11) is 0. The number of aryl methyl sites for hydroxylation is 1. The molecule has 2 aromatic carbocycles. The van der Waals surface area contributed by atoms with E-state index in [1.807, 2.05) is 31.2 Å². The molecular formula is C25H32N4O2. The van der Waals surface area contributed by atoms with E-state index in [1.165, 1.54) is 5.56 Å². The molecule has 2 heterocycles. The molecule has 0 bridgehead atoms. The van der Waals surface area contributed by atoms with Crippen molar-refractivity contribution in [1.82, 2.24) is 15.1 Å². The van der Waals surface area contributed by atoms with Gasteiger partial charge in [-0.3, -0.25) is 19.4 Å². The number of nitrogens with zero attached hydrogens (tertiary/aromatic N) is 3. The van der Waals surface area contributed by atoms with Gasteiger partial charge in [-0.1, -0.05) is 48.0 Å². The van der Waals surface area contributed by atoms with E-state index in [9.17, 15) is 9.59 Å². The number of piperazine rings is 1. The van der Waals surface area contributed by atoms with Gasteiger partial charge in [-0.15, -0.1) is 0 Å². The fraction of sp³-hybridized carbons (Fsp3) is 0.440. The lowest BCUT2D eigenvalue weighted by Gasteiger charge is -2.34. The highest BCUT2D eigenvalue weighted by molar-refractivity contribution is 6.00. The maximum atomic E-state index is 12.6. The number of rotatable bonds is 7. The zero-order valence-corrected chi connectivity index (χ0v) is 18.3. The van der Waals surface area contributed by atoms with Gasteiger partial charge in [-0.2, -0.15) is 0 Å². The van der Waals surface area contributed by atoms with Gasteiger partial charge >= 0.3 is 0 Å². The molecule has 2 aliphatic heterocycles. The Bertz CT molecular complexity index is 876. The van der Waals surface area contributed by atoms with Crippen molar-refractivity contribution < 1.29 is 9.59 Å². The Labute approximate surface area is 184 Å². The maximum absolute atomic E-state index is 12.6. The molecule has 2 saturated heterocycles. The van der Waals surface area contributed by atoms with Crippen molar-refractivity contribution in [2.75, 3.05) is 50.7 Å². The van der Waals surface area contributed by atoms with Crippen LogP contribution in [0.15, 0.2) is 54.6 Å². The van der Waals surface area contributed by atoms with Crippen LogP contribution in [0.5, 0.6) is 0 Å². The van der Waals surface area contributed by atoms with Crippen LogP contribution in [0, 0.1) is 12.8 Å². The first kappa shape index (κ1) is 21.5. The number of carbonyl (C=O) groups excluding carboxylic acids is 2. The summed E-state index contributed by atoms with van der Waals surface area (Å²) in [5, 5.41) is 3.05. The van der Waals surface area contributed by atoms with Gasteiger partial charge in [-0.25, -0.2) is 0 Å². The van der Waals surface area contributed by atoms with E-state index in [4.69, 9.17) is 0 Å². The van der Waals surface area contributed by atoms with Gasteiger partial charge in [0.1, 0.15) is 0 Å². The minimum atomic E-state index is -0.267. The van der Waals surface area contributed by atoms with Gasteiger partial charge in [0.15, 0.2) is 0 Å². The van der Waals surface area contributed by atoms with Crippen molar-refractivity contribution in [3.8, 4) is 0 Å². The molecule has 2 aromatic rings. The van der Waals surface area contributed by atoms with Gasteiger partial charge in [0.05, 0.1) is 5.92 Å². The largest absolute Gasteiger partial charge is 0.355 e. The summed E-state index contributed by atoms with van der Waals surface area (Å²) in [4.78, 5) is 31.6. The standard InChI is InChI=1S/C25H32N4O2/c1-20-7-9-23(10-8-20)29-19-22(17-24(29)30)25(31)26-11-12-27-13-15-28(16-14-27)18-21-5-3-2-4-6-21/h2-10,22H,11-19H2,1H3,(H,26,31). The van der Waals surface area contributed by atoms with Crippen LogP contribution in [-0.4, -0.2) is 67.4 Å². The maximum Gasteiger partial charge on any atom is 0.227 e. The molecular weight excluding hydrogens is 388 g/mol. The Balaban J connectivity index is 1.16. The van der Waals surface area contributed by atoms with Crippen molar-refractivity contribution in [3.05, 3.63) is 65.7 Å². The molecule has 6 nitrogen and oxygen atoms in total. The second-order valence-corrected chi connectivity index (χ2v) is 8.64. The number of carbonyl (C=O) groups is 2. The SMILES string of the molecule is Cc1ccc(N2CC(C(=O)NCCN3CCN(Cc4ccccc4)CC3)CC2=O)cc1. The summed E-state index contributed by atoms with van der Waals surface area (Å²) in [5.74, 6) is -0.249. The third-order valence-electron chi connectivity index (χ3n) is 6.28. The van der Waals surface area contributed by atoms with Crippen LogP contribution in [0.3, 0.4) is 0 Å². The van der Waals surface area contributed by atoms with Crippen molar-refractivity contribution in [2.45, 2.75) is 19.9 Å². The predicted octanol–water partition coefficient (Wildman–Crippen LogP) is 2.28. The van der Waals surface area contributed by atoms with Crippen molar-refractivity contribution >= 4 is 17.5 Å². The molecule has 2 aliphatic rings. The molecule has 1 unspecified atom stereocenters. The average molecular weight is 421 g/mol. The van der Waals surface area contributed by atoms with E-state index in [1.54, 1.807) is 4.90 Å². The van der Waals surface area contributed by atoms with Crippen LogP contribution in [0.1, 0.15) is 17.5 Å². The molecule has 1 atom stereocenters. The van der Waals surface area contributed by atoms with Gasteiger partial charge in [0.2, 0.25) is 11.8 Å². The minimum absolute atomic E-state index is 0.00863. The van der Waals surface area contributed by atoms with E-state index in [0.29, 0.717) is 13.1 Å². The monoisotopic (exact) mass is 420 g/mol. The molecule has 0 aliphatic carbocycles. The molecule has 2 amide bonds. The zero-order chi connectivity index (χ0) is 21.6. The third kappa shape index (κ3) is 5.71. The van der Waals surface area contributed by atoms with E-state index < -0.39 is 0 Å². The molecule has 164 valence electrons. The zero-order valence-electron chi connectivity index (χ0n) is 18.3. The van der Waals surface area contributed by atoms with Crippen LogP contribution in [0.2, 0.25) is 0 Å². The number of benzene rings is 2. The number of hydrogen-bond donors (Lipinski definition) is 1. The van der Waals surface area contributed by atoms with Crippen LogP contribution >= 0.6 is 0 Å². The van der Waals surface area contributed by atoms with E-state index >= 15 is 0 Å². The minimum Gasteiger partial charge on any atom is -0.355 e. The summed E-state index contributed by atoms with van der Waals surface area (Å²) < 4.78 is 0. The first-order valence-electron chi connectivity index (χ1n) is 11.2. The Hall–Kier alpha value is -2.70. The molecule has 0 aromatic heterocycles. The smallest absolute Gasteiger partial charge is 0.227 e. The highest BCUT2D eigenvalue weighted by atomic mass is 16.2. The van der Waals surface area contributed by atoms with Crippen LogP contribution < -0.4 is 10.2 Å². The summed E-state index contributed by atoms with van der Waals surface area (Å²) in [6, 6.07) is 18.5. The molecule has 0 saturated carbocycles. The summed E-state index contributed by atoms with van der Waals surface area (Å²) >= 11 is 0. The fourth-order valence-electron chi connectivity index (χ4n) is 4.35. The first-order valence-corrected chi connectivity index (χ1v) is 11.2. The number of nitrogens with one attached hydrogen (secondary N) is 1. The Morgan fingerprint density at radius 2 is 1.65 bits per heavy atom. The predicted molar refractivity (Wildman–Crippen MR) is 123 cm³/mol. The fourth-order valence-corrected chi connectivity index (χ4v) is 4.35. The van der Waals surface area contributed by atoms with Gasteiger partial charge < -0.3 is 10.2 Å². The average Bonchev–Trinajstić information content (AvgIpc) is 3.18. The number of hydrogen-bond acceptors (Lipinski definition) is 4. The Morgan fingerprint density at radius 3 is 2.35 bits per heavy atom. The lowest BCUT2D eigenvalue weighted by Crippen LogP contribution is -2.48. The lowest BCUT2D eigenvalue weighted by atomic mass is 10.1. The molecule has 4 rings (SSSR count). The van der Waals surface area contributed by atoms with Gasteiger partial charge in [0.25, 0.3) is 0 Å². The molecule has 0 radical (unpaired) electrons. The highest BCUT2D eigenvalue weighted by Crippen LogP contribution is 2.25. The van der Waals surface area contributed by atoms with E-state index in [0.717, 1.165) is 50.5 Å².